The van der Waals surface area contributed by atoms with Gasteiger partial charge in [0.2, 0.25) is 0 Å². The van der Waals surface area contributed by atoms with Gasteiger partial charge in [-0.3, -0.25) is 4.79 Å². The number of carbonyl (C=O) groups is 1. The molecule has 0 atom stereocenters. The standard InChI is InChI=1S/C15H21BrN2O/c1-3-18-8-6-12(7-9-18)17-15(19)13-10-11(2)4-5-14(13)16/h4-5,10,12H,3,6-9H2,1-2H3,(H,17,19). The molecule has 104 valence electrons. The molecule has 0 bridgehead atoms. The number of carbonyl (C=O) groups excluding carboxylic acids is 1. The van der Waals surface area contributed by atoms with E-state index in [9.17, 15) is 4.79 Å². The van der Waals surface area contributed by atoms with E-state index in [-0.39, 0.29) is 5.91 Å². The summed E-state index contributed by atoms with van der Waals surface area (Å²) in [6, 6.07) is 6.17. The molecule has 1 aliphatic heterocycles. The van der Waals surface area contributed by atoms with Gasteiger partial charge in [-0.15, -0.1) is 0 Å². The number of hydrogen-bond donors (Lipinski definition) is 1. The zero-order chi connectivity index (χ0) is 13.8. The van der Waals surface area contributed by atoms with Gasteiger partial charge in [-0.1, -0.05) is 18.6 Å². The Morgan fingerprint density at radius 1 is 1.42 bits per heavy atom. The van der Waals surface area contributed by atoms with Crippen molar-refractivity contribution in [2.24, 2.45) is 0 Å². The number of likely N-dealkylation sites (tertiary alicyclic amines) is 1. The molecule has 1 N–H and O–H groups in total. The minimum Gasteiger partial charge on any atom is -0.349 e. The van der Waals surface area contributed by atoms with E-state index in [0.29, 0.717) is 6.04 Å². The quantitative estimate of drug-likeness (QED) is 0.927. The van der Waals surface area contributed by atoms with Crippen LogP contribution in [0.2, 0.25) is 0 Å². The Bertz CT molecular complexity index is 453. The van der Waals surface area contributed by atoms with Gasteiger partial charge >= 0.3 is 0 Å². The van der Waals surface area contributed by atoms with Crippen LogP contribution < -0.4 is 5.32 Å². The summed E-state index contributed by atoms with van der Waals surface area (Å²) in [6.45, 7) is 7.45. The van der Waals surface area contributed by atoms with Crippen LogP contribution in [0.4, 0.5) is 0 Å². The molecule has 1 saturated heterocycles. The van der Waals surface area contributed by atoms with Crippen LogP contribution in [0.15, 0.2) is 22.7 Å². The molecule has 1 fully saturated rings. The SMILES string of the molecule is CCN1CCC(NC(=O)c2cc(C)ccc2Br)CC1. The van der Waals surface area contributed by atoms with Crippen molar-refractivity contribution in [1.82, 2.24) is 10.2 Å². The highest BCUT2D eigenvalue weighted by Crippen LogP contribution is 2.19. The third-order valence-corrected chi connectivity index (χ3v) is 4.43. The third kappa shape index (κ3) is 3.80. The van der Waals surface area contributed by atoms with E-state index in [1.165, 1.54) is 0 Å². The van der Waals surface area contributed by atoms with Crippen molar-refractivity contribution in [2.45, 2.75) is 32.7 Å². The van der Waals surface area contributed by atoms with Crippen molar-refractivity contribution >= 4 is 21.8 Å². The number of benzene rings is 1. The van der Waals surface area contributed by atoms with Gasteiger partial charge in [0, 0.05) is 23.6 Å². The lowest BCUT2D eigenvalue weighted by Gasteiger charge is -2.31. The van der Waals surface area contributed by atoms with Crippen molar-refractivity contribution < 1.29 is 4.79 Å². The van der Waals surface area contributed by atoms with Crippen LogP contribution in [-0.2, 0) is 0 Å². The fourth-order valence-corrected chi connectivity index (χ4v) is 2.90. The van der Waals surface area contributed by atoms with Gasteiger partial charge in [0.05, 0.1) is 5.56 Å². The number of nitrogens with zero attached hydrogens (tertiary/aromatic N) is 1. The van der Waals surface area contributed by atoms with E-state index in [4.69, 9.17) is 0 Å². The summed E-state index contributed by atoms with van der Waals surface area (Å²) in [5, 5.41) is 3.15. The predicted octanol–water partition coefficient (Wildman–Crippen LogP) is 2.97. The monoisotopic (exact) mass is 324 g/mol. The van der Waals surface area contributed by atoms with Gasteiger partial charge in [0.25, 0.3) is 5.91 Å². The van der Waals surface area contributed by atoms with E-state index < -0.39 is 0 Å². The largest absolute Gasteiger partial charge is 0.349 e. The average molecular weight is 325 g/mol. The van der Waals surface area contributed by atoms with Crippen LogP contribution in [-0.4, -0.2) is 36.5 Å². The molecular weight excluding hydrogens is 304 g/mol. The molecule has 1 heterocycles. The van der Waals surface area contributed by atoms with Gasteiger partial charge in [-0.2, -0.15) is 0 Å². The van der Waals surface area contributed by atoms with Crippen LogP contribution in [0.3, 0.4) is 0 Å². The van der Waals surface area contributed by atoms with Crippen LogP contribution in [0.5, 0.6) is 0 Å². The third-order valence-electron chi connectivity index (χ3n) is 3.74. The van der Waals surface area contributed by atoms with Gasteiger partial charge in [0.15, 0.2) is 0 Å². The molecule has 1 aliphatic rings. The summed E-state index contributed by atoms with van der Waals surface area (Å²) in [7, 11) is 0. The first kappa shape index (κ1) is 14.5. The second-order valence-electron chi connectivity index (χ2n) is 5.17. The van der Waals surface area contributed by atoms with E-state index >= 15 is 0 Å². The molecule has 0 spiro atoms. The second-order valence-corrected chi connectivity index (χ2v) is 6.02. The van der Waals surface area contributed by atoms with Crippen LogP contribution in [0.25, 0.3) is 0 Å². The van der Waals surface area contributed by atoms with Crippen molar-refractivity contribution in [3.63, 3.8) is 0 Å². The van der Waals surface area contributed by atoms with Crippen molar-refractivity contribution in [1.29, 1.82) is 0 Å². The van der Waals surface area contributed by atoms with Gasteiger partial charge in [-0.25, -0.2) is 0 Å². The first-order chi connectivity index (χ1) is 9.10. The minimum absolute atomic E-state index is 0.0329. The number of rotatable bonds is 3. The summed E-state index contributed by atoms with van der Waals surface area (Å²) < 4.78 is 0.863. The molecule has 1 aromatic carbocycles. The highest BCUT2D eigenvalue weighted by Gasteiger charge is 2.21. The second kappa shape index (κ2) is 6.53. The molecule has 4 heteroatoms. The lowest BCUT2D eigenvalue weighted by molar-refractivity contribution is 0.0912. The first-order valence-corrected chi connectivity index (χ1v) is 7.69. The minimum atomic E-state index is 0.0329. The molecule has 0 saturated carbocycles. The smallest absolute Gasteiger partial charge is 0.252 e. The first-order valence-electron chi connectivity index (χ1n) is 6.89. The van der Waals surface area contributed by atoms with E-state index in [2.05, 4.69) is 33.1 Å². The maximum Gasteiger partial charge on any atom is 0.252 e. The molecule has 1 aromatic rings. The number of hydrogen-bond acceptors (Lipinski definition) is 2. The number of piperidine rings is 1. The Kier molecular flexibility index (Phi) is 4.99. The molecule has 0 aromatic heterocycles. The summed E-state index contributed by atoms with van der Waals surface area (Å²) >= 11 is 3.45. The summed E-state index contributed by atoms with van der Waals surface area (Å²) in [5.41, 5.74) is 1.84. The van der Waals surface area contributed by atoms with E-state index in [0.717, 1.165) is 48.1 Å². The fourth-order valence-electron chi connectivity index (χ4n) is 2.47. The highest BCUT2D eigenvalue weighted by molar-refractivity contribution is 9.10. The van der Waals surface area contributed by atoms with Crippen LogP contribution >= 0.6 is 15.9 Å². The zero-order valence-corrected chi connectivity index (χ0v) is 13.2. The van der Waals surface area contributed by atoms with Crippen molar-refractivity contribution in [3.8, 4) is 0 Å². The van der Waals surface area contributed by atoms with Crippen LogP contribution in [0, 0.1) is 6.92 Å². The molecule has 0 aliphatic carbocycles. The van der Waals surface area contributed by atoms with Crippen molar-refractivity contribution in [3.05, 3.63) is 33.8 Å². The Balaban J connectivity index is 1.96. The number of nitrogens with one attached hydrogen (secondary N) is 1. The number of aryl methyl sites for hydroxylation is 1. The van der Waals surface area contributed by atoms with Crippen molar-refractivity contribution in [2.75, 3.05) is 19.6 Å². The lowest BCUT2D eigenvalue weighted by Crippen LogP contribution is -2.44. The van der Waals surface area contributed by atoms with Gasteiger partial charge in [0.1, 0.15) is 0 Å². The molecule has 0 unspecified atom stereocenters. The Hall–Kier alpha value is -0.870. The summed E-state index contributed by atoms with van der Waals surface area (Å²) in [4.78, 5) is 14.7. The zero-order valence-electron chi connectivity index (χ0n) is 11.6. The maximum atomic E-state index is 12.3. The lowest BCUT2D eigenvalue weighted by atomic mass is 10.0. The topological polar surface area (TPSA) is 32.3 Å². The Morgan fingerprint density at radius 3 is 2.74 bits per heavy atom. The Morgan fingerprint density at radius 2 is 2.11 bits per heavy atom. The van der Waals surface area contributed by atoms with Gasteiger partial charge < -0.3 is 10.2 Å². The number of amides is 1. The van der Waals surface area contributed by atoms with E-state index in [1.54, 1.807) is 0 Å². The molecule has 1 amide bonds. The molecule has 3 nitrogen and oxygen atoms in total. The molecule has 2 rings (SSSR count). The predicted molar refractivity (Wildman–Crippen MR) is 81.5 cm³/mol. The summed E-state index contributed by atoms with van der Waals surface area (Å²) in [6.07, 6.45) is 2.09. The average Bonchev–Trinajstić information content (AvgIpc) is 2.42. The number of halogens is 1. The maximum absolute atomic E-state index is 12.3. The normalized spacial score (nSPS) is 17.4. The molecule has 0 radical (unpaired) electrons. The highest BCUT2D eigenvalue weighted by atomic mass is 79.9. The molecule has 19 heavy (non-hydrogen) atoms. The molecular formula is C15H21BrN2O. The summed E-state index contributed by atoms with van der Waals surface area (Å²) in [5.74, 6) is 0.0329. The fraction of sp³-hybridized carbons (Fsp3) is 0.533. The van der Waals surface area contributed by atoms with Crippen LogP contribution in [0.1, 0.15) is 35.7 Å². The van der Waals surface area contributed by atoms with E-state index in [1.807, 2.05) is 25.1 Å². The van der Waals surface area contributed by atoms with Gasteiger partial charge in [-0.05, 0) is 54.4 Å². The Labute approximate surface area is 123 Å².